The van der Waals surface area contributed by atoms with Crippen molar-refractivity contribution in [2.75, 3.05) is 0 Å². The molecule has 4 nitrogen and oxygen atoms in total. The number of alkyl halides is 2. The van der Waals surface area contributed by atoms with Crippen LogP contribution in [0, 0.1) is 6.92 Å². The number of aliphatic hydroxyl groups excluding tert-OH is 1. The number of aliphatic imine (C=N–C) groups is 1. The molecular weight excluding hydrogens is 274 g/mol. The van der Waals surface area contributed by atoms with Crippen LogP contribution in [0.3, 0.4) is 0 Å². The molecule has 0 saturated heterocycles. The third-order valence-corrected chi connectivity index (χ3v) is 4.15. The maximum Gasteiger partial charge on any atom is 0.280 e. The minimum absolute atomic E-state index is 0.115. The van der Waals surface area contributed by atoms with Crippen molar-refractivity contribution < 1.29 is 18.7 Å². The summed E-state index contributed by atoms with van der Waals surface area (Å²) in [7, 11) is 0. The summed E-state index contributed by atoms with van der Waals surface area (Å²) in [6.45, 7) is 1.66. The Kier molecular flexibility index (Phi) is 2.67. The van der Waals surface area contributed by atoms with Gasteiger partial charge >= 0.3 is 0 Å². The Morgan fingerprint density at radius 3 is 2.89 bits per heavy atom. The standard InChI is InChI=1S/C12H8F2N2O2S/c1-4-2-5(11(13)14)15-12-8(4)9-10(19-12)6(17)3-7(18)16-9/h2-3,10-11,17H,1H3. The van der Waals surface area contributed by atoms with Gasteiger partial charge in [-0.1, -0.05) is 11.8 Å². The summed E-state index contributed by atoms with van der Waals surface area (Å²) < 4.78 is 25.4. The number of thioether (sulfide) groups is 1. The summed E-state index contributed by atoms with van der Waals surface area (Å²) in [5.74, 6) is -0.662. The van der Waals surface area contributed by atoms with Crippen LogP contribution in [0.15, 0.2) is 27.9 Å². The van der Waals surface area contributed by atoms with Crippen LogP contribution in [-0.2, 0) is 4.79 Å². The van der Waals surface area contributed by atoms with E-state index in [-0.39, 0.29) is 11.5 Å². The zero-order valence-corrected chi connectivity index (χ0v) is 10.5. The van der Waals surface area contributed by atoms with Crippen LogP contribution in [0.2, 0.25) is 0 Å². The Balaban J connectivity index is 2.17. The number of hydrogen-bond donors (Lipinski definition) is 1. The van der Waals surface area contributed by atoms with E-state index in [4.69, 9.17) is 0 Å². The fourth-order valence-electron chi connectivity index (χ4n) is 2.14. The van der Waals surface area contributed by atoms with E-state index in [1.54, 1.807) is 6.92 Å². The predicted molar refractivity (Wildman–Crippen MR) is 65.8 cm³/mol. The van der Waals surface area contributed by atoms with Crippen molar-refractivity contribution in [3.63, 3.8) is 0 Å². The van der Waals surface area contributed by atoms with Crippen molar-refractivity contribution in [3.05, 3.63) is 34.7 Å². The van der Waals surface area contributed by atoms with Crippen LogP contribution in [-0.4, -0.2) is 27.0 Å². The number of halogens is 2. The Morgan fingerprint density at radius 2 is 2.21 bits per heavy atom. The van der Waals surface area contributed by atoms with Gasteiger partial charge in [0, 0.05) is 11.6 Å². The number of aliphatic hydroxyl groups is 1. The van der Waals surface area contributed by atoms with E-state index in [1.807, 2.05) is 0 Å². The summed E-state index contributed by atoms with van der Waals surface area (Å²) in [6.07, 6.45) is -1.61. The zero-order valence-electron chi connectivity index (χ0n) is 9.72. The van der Waals surface area contributed by atoms with Crippen LogP contribution >= 0.6 is 11.8 Å². The minimum atomic E-state index is -2.65. The van der Waals surface area contributed by atoms with Crippen molar-refractivity contribution in [1.82, 2.24) is 4.98 Å². The lowest BCUT2D eigenvalue weighted by molar-refractivity contribution is -0.113. The number of nitrogens with zero attached hydrogens (tertiary/aromatic N) is 2. The number of carbonyl (C=O) groups is 1. The van der Waals surface area contributed by atoms with Gasteiger partial charge in [-0.25, -0.2) is 18.8 Å². The highest BCUT2D eigenvalue weighted by molar-refractivity contribution is 8.01. The average Bonchev–Trinajstić information content (AvgIpc) is 2.68. The maximum absolute atomic E-state index is 12.7. The van der Waals surface area contributed by atoms with Gasteiger partial charge in [0.15, 0.2) is 0 Å². The first kappa shape index (κ1) is 12.3. The molecule has 0 fully saturated rings. The number of aromatic nitrogens is 1. The lowest BCUT2D eigenvalue weighted by atomic mass is 10.0. The second-order valence-electron chi connectivity index (χ2n) is 4.25. The molecule has 2 aliphatic heterocycles. The second-order valence-corrected chi connectivity index (χ2v) is 5.34. The summed E-state index contributed by atoms with van der Waals surface area (Å²) in [5.41, 5.74) is 1.25. The van der Waals surface area contributed by atoms with Gasteiger partial charge in [-0.2, -0.15) is 0 Å². The Hall–Kier alpha value is -1.76. The number of fused-ring (bicyclic) bond motifs is 3. The van der Waals surface area contributed by atoms with E-state index in [2.05, 4.69) is 9.98 Å². The highest BCUT2D eigenvalue weighted by Crippen LogP contribution is 2.42. The number of pyridine rings is 1. The molecule has 0 spiro atoms. The number of rotatable bonds is 1. The van der Waals surface area contributed by atoms with Crippen LogP contribution in [0.4, 0.5) is 8.78 Å². The number of dihydropyridines is 1. The fraction of sp³-hybridized carbons (Fsp3) is 0.250. The van der Waals surface area contributed by atoms with E-state index in [1.165, 1.54) is 6.07 Å². The van der Waals surface area contributed by atoms with E-state index < -0.39 is 17.6 Å². The van der Waals surface area contributed by atoms with E-state index in [9.17, 15) is 18.7 Å². The molecule has 1 amide bonds. The fourth-order valence-corrected chi connectivity index (χ4v) is 3.38. The van der Waals surface area contributed by atoms with Gasteiger partial charge in [0.05, 0.1) is 5.71 Å². The lowest BCUT2D eigenvalue weighted by Crippen LogP contribution is -2.22. The van der Waals surface area contributed by atoms with Crippen LogP contribution in [0.25, 0.3) is 0 Å². The van der Waals surface area contributed by atoms with Crippen molar-refractivity contribution in [2.45, 2.75) is 23.6 Å². The Morgan fingerprint density at radius 1 is 1.47 bits per heavy atom. The van der Waals surface area contributed by atoms with Crippen molar-refractivity contribution in [2.24, 2.45) is 4.99 Å². The molecule has 0 radical (unpaired) electrons. The third kappa shape index (κ3) is 1.85. The Labute approximate surface area is 111 Å². The molecule has 0 saturated carbocycles. The highest BCUT2D eigenvalue weighted by atomic mass is 32.2. The topological polar surface area (TPSA) is 62.5 Å². The van der Waals surface area contributed by atoms with Gasteiger partial charge in [-0.05, 0) is 18.6 Å². The summed E-state index contributed by atoms with van der Waals surface area (Å²) in [4.78, 5) is 19.1. The van der Waals surface area contributed by atoms with Crippen LogP contribution < -0.4 is 0 Å². The molecule has 1 atom stereocenters. The lowest BCUT2D eigenvalue weighted by Gasteiger charge is -2.13. The molecule has 1 aromatic heterocycles. The van der Waals surface area contributed by atoms with Gasteiger partial charge in [0.25, 0.3) is 12.3 Å². The summed E-state index contributed by atoms with van der Waals surface area (Å²) in [6, 6.07) is 1.29. The second kappa shape index (κ2) is 4.12. The van der Waals surface area contributed by atoms with Crippen LogP contribution in [0.1, 0.15) is 23.2 Å². The molecular formula is C12H8F2N2O2S. The average molecular weight is 282 g/mol. The minimum Gasteiger partial charge on any atom is -0.510 e. The smallest absolute Gasteiger partial charge is 0.280 e. The summed E-state index contributed by atoms with van der Waals surface area (Å²) in [5, 5.41) is 9.62. The SMILES string of the molecule is Cc1cc(C(F)F)nc2c1C1=NC(=O)C=C(O)C1S2. The molecule has 1 aromatic rings. The summed E-state index contributed by atoms with van der Waals surface area (Å²) >= 11 is 1.13. The Bertz CT molecular complexity index is 655. The van der Waals surface area contributed by atoms with Gasteiger partial charge in [0.1, 0.15) is 21.7 Å². The monoisotopic (exact) mass is 282 g/mol. The third-order valence-electron chi connectivity index (χ3n) is 2.93. The molecule has 3 heterocycles. The van der Waals surface area contributed by atoms with E-state index in [0.29, 0.717) is 21.9 Å². The number of aryl methyl sites for hydroxylation is 1. The number of carbonyl (C=O) groups excluding carboxylic acids is 1. The molecule has 1 N–H and O–H groups in total. The first-order chi connectivity index (χ1) is 8.97. The molecule has 0 aliphatic carbocycles. The van der Waals surface area contributed by atoms with E-state index in [0.717, 1.165) is 17.8 Å². The molecule has 1 unspecified atom stereocenters. The number of amides is 1. The normalized spacial score (nSPS) is 21.1. The molecule has 0 aromatic carbocycles. The highest BCUT2D eigenvalue weighted by Gasteiger charge is 2.38. The molecule has 7 heteroatoms. The largest absolute Gasteiger partial charge is 0.510 e. The van der Waals surface area contributed by atoms with Gasteiger partial charge < -0.3 is 5.11 Å². The zero-order chi connectivity index (χ0) is 13.7. The van der Waals surface area contributed by atoms with Crippen molar-refractivity contribution >= 4 is 23.4 Å². The first-order valence-electron chi connectivity index (χ1n) is 5.47. The van der Waals surface area contributed by atoms with E-state index >= 15 is 0 Å². The van der Waals surface area contributed by atoms with Crippen molar-refractivity contribution in [3.8, 4) is 0 Å². The number of hydrogen-bond acceptors (Lipinski definition) is 4. The maximum atomic E-state index is 12.7. The van der Waals surface area contributed by atoms with Gasteiger partial charge in [0.2, 0.25) is 0 Å². The van der Waals surface area contributed by atoms with Gasteiger partial charge in [-0.15, -0.1) is 0 Å². The predicted octanol–water partition coefficient (Wildman–Crippen LogP) is 2.57. The molecule has 0 bridgehead atoms. The van der Waals surface area contributed by atoms with Crippen LogP contribution in [0.5, 0.6) is 0 Å². The van der Waals surface area contributed by atoms with Crippen molar-refractivity contribution in [1.29, 1.82) is 0 Å². The molecule has 19 heavy (non-hydrogen) atoms. The van der Waals surface area contributed by atoms with Gasteiger partial charge in [-0.3, -0.25) is 4.79 Å². The molecule has 2 aliphatic rings. The quantitative estimate of drug-likeness (QED) is 0.860. The molecule has 3 rings (SSSR count). The first-order valence-corrected chi connectivity index (χ1v) is 6.35. The molecule has 98 valence electrons.